The number of non-ortho nitro benzene ring substituents is 1. The van der Waals surface area contributed by atoms with Gasteiger partial charge < -0.3 is 9.84 Å². The van der Waals surface area contributed by atoms with Crippen LogP contribution in [0.25, 0.3) is 0 Å². The Morgan fingerprint density at radius 1 is 0.925 bits per heavy atom. The SMILES string of the molecule is CCOC(=O)[C@H](Cc1ccc(O)cc1)N[C@@H](/C(=N\Nc1ccc([N+](=O)[O-])cc1)c1ccccc1)c1ccccc1. The Labute approximate surface area is 232 Å². The summed E-state index contributed by atoms with van der Waals surface area (Å²) in [6, 6.07) is 30.6. The summed E-state index contributed by atoms with van der Waals surface area (Å²) >= 11 is 0. The van der Waals surface area contributed by atoms with Gasteiger partial charge in [0.15, 0.2) is 0 Å². The minimum atomic E-state index is -0.733. The molecule has 0 fully saturated rings. The number of phenols is 1. The first-order valence-electron chi connectivity index (χ1n) is 12.8. The van der Waals surface area contributed by atoms with Crippen LogP contribution in [0.15, 0.2) is 114 Å². The molecule has 0 heterocycles. The molecule has 0 aliphatic rings. The second-order valence-corrected chi connectivity index (χ2v) is 8.96. The Kier molecular flexibility index (Phi) is 9.58. The molecule has 9 nitrogen and oxygen atoms in total. The van der Waals surface area contributed by atoms with Crippen LogP contribution in [0.4, 0.5) is 11.4 Å². The van der Waals surface area contributed by atoms with Crippen molar-refractivity contribution in [1.29, 1.82) is 0 Å². The van der Waals surface area contributed by atoms with Crippen molar-refractivity contribution in [2.24, 2.45) is 5.10 Å². The standard InChI is InChI=1S/C31H30N4O5/c1-2-40-31(37)28(21-22-13-19-27(36)20-14-22)32-29(23-9-5-3-6-10-23)30(24-11-7-4-8-12-24)34-33-25-15-17-26(18-16-25)35(38)39/h3-20,28-29,32-33,36H,2,21H2,1H3/b34-30-/t28-,29+/m0/s1. The van der Waals surface area contributed by atoms with E-state index in [0.29, 0.717) is 17.8 Å². The zero-order valence-corrected chi connectivity index (χ0v) is 21.9. The molecule has 2 atom stereocenters. The van der Waals surface area contributed by atoms with Gasteiger partial charge in [-0.3, -0.25) is 25.7 Å². The molecule has 0 bridgehead atoms. The number of anilines is 1. The van der Waals surface area contributed by atoms with Gasteiger partial charge in [-0.15, -0.1) is 0 Å². The van der Waals surface area contributed by atoms with Crippen LogP contribution in [0.2, 0.25) is 0 Å². The molecule has 0 spiro atoms. The topological polar surface area (TPSA) is 126 Å². The van der Waals surface area contributed by atoms with E-state index in [4.69, 9.17) is 9.84 Å². The van der Waals surface area contributed by atoms with Crippen molar-refractivity contribution in [1.82, 2.24) is 5.32 Å². The van der Waals surface area contributed by atoms with E-state index in [-0.39, 0.29) is 18.0 Å². The summed E-state index contributed by atoms with van der Waals surface area (Å²) in [6.45, 7) is 1.99. The van der Waals surface area contributed by atoms with Gasteiger partial charge in [0.05, 0.1) is 29.0 Å². The first-order chi connectivity index (χ1) is 19.4. The Bertz CT molecular complexity index is 1430. The van der Waals surface area contributed by atoms with Crippen LogP contribution in [0, 0.1) is 10.1 Å². The molecule has 0 aromatic heterocycles. The Balaban J connectivity index is 1.74. The molecular weight excluding hydrogens is 508 g/mol. The lowest BCUT2D eigenvalue weighted by Crippen LogP contribution is -2.44. The first kappa shape index (κ1) is 28.0. The summed E-state index contributed by atoms with van der Waals surface area (Å²) in [5.74, 6) is -0.269. The van der Waals surface area contributed by atoms with Gasteiger partial charge in [0.25, 0.3) is 5.69 Å². The molecule has 9 heteroatoms. The summed E-state index contributed by atoms with van der Waals surface area (Å²) in [4.78, 5) is 23.8. The first-order valence-corrected chi connectivity index (χ1v) is 12.8. The molecule has 0 radical (unpaired) electrons. The van der Waals surface area contributed by atoms with Crippen LogP contribution in [-0.2, 0) is 16.0 Å². The monoisotopic (exact) mass is 538 g/mol. The van der Waals surface area contributed by atoms with Crippen LogP contribution in [0.1, 0.15) is 29.7 Å². The highest BCUT2D eigenvalue weighted by molar-refractivity contribution is 6.05. The number of carbonyl (C=O) groups excluding carboxylic acids is 1. The quantitative estimate of drug-likeness (QED) is 0.0925. The summed E-state index contributed by atoms with van der Waals surface area (Å²) < 4.78 is 5.42. The molecule has 0 aliphatic heterocycles. The number of esters is 1. The summed E-state index contributed by atoms with van der Waals surface area (Å²) in [6.07, 6.45) is 0.320. The smallest absolute Gasteiger partial charge is 0.323 e. The van der Waals surface area contributed by atoms with Gasteiger partial charge in [0.2, 0.25) is 0 Å². The van der Waals surface area contributed by atoms with Gasteiger partial charge in [-0.05, 0) is 54.3 Å². The van der Waals surface area contributed by atoms with Gasteiger partial charge in [-0.2, -0.15) is 5.10 Å². The predicted molar refractivity (Wildman–Crippen MR) is 154 cm³/mol. The minimum absolute atomic E-state index is 0.0202. The van der Waals surface area contributed by atoms with E-state index in [9.17, 15) is 20.0 Å². The van der Waals surface area contributed by atoms with E-state index in [2.05, 4.69) is 10.7 Å². The fraction of sp³-hybridized carbons (Fsp3) is 0.161. The minimum Gasteiger partial charge on any atom is -0.508 e. The lowest BCUT2D eigenvalue weighted by atomic mass is 9.94. The number of nitrogens with one attached hydrogen (secondary N) is 2. The van der Waals surface area contributed by atoms with Gasteiger partial charge in [0, 0.05) is 12.1 Å². The highest BCUT2D eigenvalue weighted by Gasteiger charge is 2.28. The molecule has 40 heavy (non-hydrogen) atoms. The summed E-state index contributed by atoms with van der Waals surface area (Å²) in [7, 11) is 0. The van der Waals surface area contributed by atoms with Crippen molar-refractivity contribution in [3.63, 3.8) is 0 Å². The Morgan fingerprint density at radius 2 is 1.55 bits per heavy atom. The van der Waals surface area contributed by atoms with Crippen molar-refractivity contribution in [3.05, 3.63) is 136 Å². The largest absolute Gasteiger partial charge is 0.508 e. The number of hydrazone groups is 1. The third-order valence-corrected chi connectivity index (χ3v) is 6.17. The number of phenolic OH excluding ortho intramolecular Hbond substituents is 1. The molecule has 4 rings (SSSR count). The zero-order valence-electron chi connectivity index (χ0n) is 21.9. The molecule has 4 aromatic rings. The molecular formula is C31H30N4O5. The number of nitro benzene ring substituents is 1. The number of nitrogens with zero attached hydrogens (tertiary/aromatic N) is 2. The van der Waals surface area contributed by atoms with Crippen LogP contribution in [-0.4, -0.2) is 34.4 Å². The maximum atomic E-state index is 13.2. The average molecular weight is 539 g/mol. The fourth-order valence-corrected chi connectivity index (χ4v) is 4.19. The van der Waals surface area contributed by atoms with E-state index in [0.717, 1.165) is 16.7 Å². The zero-order chi connectivity index (χ0) is 28.3. The van der Waals surface area contributed by atoms with Crippen LogP contribution in [0.3, 0.4) is 0 Å². The molecule has 0 amide bonds. The van der Waals surface area contributed by atoms with Gasteiger partial charge in [-0.25, -0.2) is 0 Å². The maximum Gasteiger partial charge on any atom is 0.323 e. The predicted octanol–water partition coefficient (Wildman–Crippen LogP) is 5.62. The number of nitro groups is 1. The maximum absolute atomic E-state index is 13.2. The van der Waals surface area contributed by atoms with Crippen molar-refractivity contribution in [2.45, 2.75) is 25.4 Å². The number of carbonyl (C=O) groups is 1. The van der Waals surface area contributed by atoms with Crippen LogP contribution < -0.4 is 10.7 Å². The van der Waals surface area contributed by atoms with E-state index in [1.165, 1.54) is 12.1 Å². The third kappa shape index (κ3) is 7.52. The van der Waals surface area contributed by atoms with Gasteiger partial charge >= 0.3 is 5.97 Å². The van der Waals surface area contributed by atoms with Crippen molar-refractivity contribution < 1.29 is 19.6 Å². The van der Waals surface area contributed by atoms with Crippen molar-refractivity contribution in [3.8, 4) is 5.75 Å². The normalized spacial score (nSPS) is 12.8. The molecule has 0 aliphatic carbocycles. The number of benzene rings is 4. The summed E-state index contributed by atoms with van der Waals surface area (Å²) in [5, 5.41) is 29.0. The lowest BCUT2D eigenvalue weighted by molar-refractivity contribution is -0.384. The molecule has 4 aromatic carbocycles. The van der Waals surface area contributed by atoms with Crippen molar-refractivity contribution >= 4 is 23.1 Å². The highest BCUT2D eigenvalue weighted by atomic mass is 16.6. The molecule has 204 valence electrons. The van der Waals surface area contributed by atoms with Crippen LogP contribution >= 0.6 is 0 Å². The molecule has 3 N–H and O–H groups in total. The number of hydrogen-bond acceptors (Lipinski definition) is 8. The average Bonchev–Trinajstić information content (AvgIpc) is 2.98. The van der Waals surface area contributed by atoms with E-state index in [1.807, 2.05) is 60.7 Å². The van der Waals surface area contributed by atoms with Gasteiger partial charge in [-0.1, -0.05) is 72.8 Å². The highest BCUT2D eigenvalue weighted by Crippen LogP contribution is 2.23. The van der Waals surface area contributed by atoms with Crippen LogP contribution in [0.5, 0.6) is 5.75 Å². The second kappa shape index (κ2) is 13.7. The molecule has 0 unspecified atom stereocenters. The number of aromatic hydroxyl groups is 1. The number of ether oxygens (including phenoxy) is 1. The number of hydrogen-bond donors (Lipinski definition) is 3. The molecule has 0 saturated heterocycles. The second-order valence-electron chi connectivity index (χ2n) is 8.96. The Morgan fingerprint density at radius 3 is 2.15 bits per heavy atom. The van der Waals surface area contributed by atoms with Crippen molar-refractivity contribution in [2.75, 3.05) is 12.0 Å². The lowest BCUT2D eigenvalue weighted by Gasteiger charge is -2.27. The third-order valence-electron chi connectivity index (χ3n) is 6.17. The summed E-state index contributed by atoms with van der Waals surface area (Å²) in [5.41, 5.74) is 6.70. The van der Waals surface area contributed by atoms with E-state index >= 15 is 0 Å². The van der Waals surface area contributed by atoms with Gasteiger partial charge in [0.1, 0.15) is 11.8 Å². The fourth-order valence-electron chi connectivity index (χ4n) is 4.19. The molecule has 0 saturated carbocycles. The van der Waals surface area contributed by atoms with E-state index < -0.39 is 23.0 Å². The van der Waals surface area contributed by atoms with E-state index in [1.54, 1.807) is 43.3 Å². The number of rotatable bonds is 12. The Hall–Kier alpha value is -5.02.